The van der Waals surface area contributed by atoms with Crippen LogP contribution in [0.3, 0.4) is 0 Å². The van der Waals surface area contributed by atoms with Crippen LogP contribution in [0.2, 0.25) is 0 Å². The van der Waals surface area contributed by atoms with E-state index in [2.05, 4.69) is 15.9 Å². The Hall–Kier alpha value is -1.36. The number of nitrogens with zero attached hydrogens (tertiary/aromatic N) is 1. The van der Waals surface area contributed by atoms with Gasteiger partial charge in [0.1, 0.15) is 0 Å². The summed E-state index contributed by atoms with van der Waals surface area (Å²) in [5.74, 6) is -0.559. The summed E-state index contributed by atoms with van der Waals surface area (Å²) in [6, 6.07) is 3.52. The fourth-order valence-electron chi connectivity index (χ4n) is 3.03. The summed E-state index contributed by atoms with van der Waals surface area (Å²) >= 11 is 3.41. The maximum absolute atomic E-state index is 12.4. The summed E-state index contributed by atoms with van der Waals surface area (Å²) in [5.41, 5.74) is 7.75. The zero-order valence-corrected chi connectivity index (χ0v) is 12.6. The molecule has 1 saturated carbocycles. The highest BCUT2D eigenvalue weighted by Gasteiger charge is 2.72. The predicted molar refractivity (Wildman–Crippen MR) is 76.5 cm³/mol. The molecule has 19 heavy (non-hydrogen) atoms. The molecule has 2 N–H and O–H groups in total. The van der Waals surface area contributed by atoms with E-state index in [1.165, 1.54) is 4.90 Å². The molecule has 4 nitrogen and oxygen atoms in total. The number of hydrogen-bond donors (Lipinski definition) is 1. The van der Waals surface area contributed by atoms with Gasteiger partial charge in [-0.05, 0) is 46.0 Å². The van der Waals surface area contributed by atoms with Crippen molar-refractivity contribution in [3.63, 3.8) is 0 Å². The Bertz CT molecular complexity index is 600. The number of nitrogen functional groups attached to an aromatic ring is 1. The molecule has 1 aromatic rings. The summed E-state index contributed by atoms with van der Waals surface area (Å²) in [5, 5.41) is 0. The minimum Gasteiger partial charge on any atom is -0.398 e. The topological polar surface area (TPSA) is 63.4 Å². The zero-order valence-electron chi connectivity index (χ0n) is 11.0. The third kappa shape index (κ3) is 1.51. The molecule has 1 heterocycles. The summed E-state index contributed by atoms with van der Waals surface area (Å²) in [6.07, 6.45) is 0. The largest absolute Gasteiger partial charge is 0.398 e. The number of benzene rings is 1. The van der Waals surface area contributed by atoms with Crippen molar-refractivity contribution in [2.45, 2.75) is 20.8 Å². The van der Waals surface area contributed by atoms with Crippen LogP contribution in [0, 0.1) is 24.2 Å². The number of carbonyl (C=O) groups excluding carboxylic acids is 2. The fraction of sp³-hybridized carbons (Fsp3) is 0.429. The maximum atomic E-state index is 12.4. The van der Waals surface area contributed by atoms with Gasteiger partial charge in [-0.2, -0.15) is 0 Å². The minimum atomic E-state index is -0.187. The number of fused-ring (bicyclic) bond motifs is 1. The van der Waals surface area contributed by atoms with E-state index < -0.39 is 0 Å². The zero-order chi connectivity index (χ0) is 14.1. The monoisotopic (exact) mass is 322 g/mol. The van der Waals surface area contributed by atoms with Gasteiger partial charge in [0.05, 0.1) is 17.5 Å². The lowest BCUT2D eigenvalue weighted by molar-refractivity contribution is -0.125. The van der Waals surface area contributed by atoms with Crippen LogP contribution in [0.5, 0.6) is 0 Å². The Balaban J connectivity index is 2.04. The molecule has 1 aliphatic heterocycles. The molecule has 2 amide bonds. The lowest BCUT2D eigenvalue weighted by Gasteiger charge is -2.22. The number of imide groups is 1. The van der Waals surface area contributed by atoms with Gasteiger partial charge in [0.25, 0.3) is 0 Å². The molecule has 1 aliphatic carbocycles. The Morgan fingerprint density at radius 1 is 1.21 bits per heavy atom. The molecule has 0 radical (unpaired) electrons. The van der Waals surface area contributed by atoms with Crippen LogP contribution in [0.25, 0.3) is 0 Å². The van der Waals surface area contributed by atoms with Crippen molar-refractivity contribution >= 4 is 39.1 Å². The number of hydrogen-bond acceptors (Lipinski definition) is 3. The van der Waals surface area contributed by atoms with E-state index in [1.54, 1.807) is 6.07 Å². The van der Waals surface area contributed by atoms with Crippen molar-refractivity contribution in [3.8, 4) is 0 Å². The summed E-state index contributed by atoms with van der Waals surface area (Å²) in [4.78, 5) is 26.0. The van der Waals surface area contributed by atoms with Gasteiger partial charge >= 0.3 is 0 Å². The van der Waals surface area contributed by atoms with Crippen molar-refractivity contribution < 1.29 is 9.59 Å². The van der Waals surface area contributed by atoms with Crippen LogP contribution >= 0.6 is 15.9 Å². The lowest BCUT2D eigenvalue weighted by atomic mass is 10.0. The van der Waals surface area contributed by atoms with Gasteiger partial charge in [0, 0.05) is 10.2 Å². The molecule has 3 rings (SSSR count). The first-order chi connectivity index (χ1) is 8.76. The highest BCUT2D eigenvalue weighted by Crippen LogP contribution is 2.64. The Morgan fingerprint density at radius 2 is 1.74 bits per heavy atom. The van der Waals surface area contributed by atoms with Crippen LogP contribution < -0.4 is 10.6 Å². The molecular weight excluding hydrogens is 308 g/mol. The van der Waals surface area contributed by atoms with Crippen molar-refractivity contribution in [3.05, 3.63) is 22.2 Å². The maximum Gasteiger partial charge on any atom is 0.238 e. The molecule has 2 fully saturated rings. The van der Waals surface area contributed by atoms with E-state index >= 15 is 0 Å². The number of anilines is 2. The van der Waals surface area contributed by atoms with Gasteiger partial charge < -0.3 is 5.73 Å². The number of halogens is 1. The smallest absolute Gasteiger partial charge is 0.238 e. The molecule has 2 unspecified atom stereocenters. The first kappa shape index (κ1) is 12.7. The second-order valence-electron chi connectivity index (χ2n) is 5.95. The molecule has 100 valence electrons. The summed E-state index contributed by atoms with van der Waals surface area (Å²) in [6.45, 7) is 5.82. The molecular formula is C14H15BrN2O2. The second-order valence-corrected chi connectivity index (χ2v) is 6.80. The van der Waals surface area contributed by atoms with E-state index in [0.717, 1.165) is 10.0 Å². The summed E-state index contributed by atoms with van der Waals surface area (Å²) in [7, 11) is 0. The molecule has 1 aromatic carbocycles. The van der Waals surface area contributed by atoms with E-state index in [9.17, 15) is 9.59 Å². The molecule has 1 saturated heterocycles. The van der Waals surface area contributed by atoms with Crippen molar-refractivity contribution in [1.82, 2.24) is 0 Å². The standard InChI is InChI=1S/C14H15BrN2O2/c1-6-4-7(15)9(5-8(6)16)17-12(18)10-11(13(17)19)14(10,2)3/h4-5,10-11H,16H2,1-3H3. The quantitative estimate of drug-likeness (QED) is 0.638. The highest BCUT2D eigenvalue weighted by atomic mass is 79.9. The fourth-order valence-corrected chi connectivity index (χ4v) is 3.67. The normalized spacial score (nSPS) is 27.7. The van der Waals surface area contributed by atoms with Gasteiger partial charge in [-0.25, -0.2) is 4.90 Å². The van der Waals surface area contributed by atoms with E-state index in [0.29, 0.717) is 11.4 Å². The van der Waals surface area contributed by atoms with Crippen LogP contribution in [0.1, 0.15) is 19.4 Å². The van der Waals surface area contributed by atoms with E-state index in [1.807, 2.05) is 26.8 Å². The highest BCUT2D eigenvalue weighted by molar-refractivity contribution is 9.10. The van der Waals surface area contributed by atoms with Crippen LogP contribution in [0.15, 0.2) is 16.6 Å². The molecule has 0 aromatic heterocycles. The Kier molecular flexibility index (Phi) is 2.40. The number of rotatable bonds is 1. The Morgan fingerprint density at radius 3 is 2.26 bits per heavy atom. The molecule has 0 bridgehead atoms. The van der Waals surface area contributed by atoms with Crippen LogP contribution in [0.4, 0.5) is 11.4 Å². The number of piperidine rings is 1. The van der Waals surface area contributed by atoms with Gasteiger partial charge in [-0.15, -0.1) is 0 Å². The number of amides is 2. The van der Waals surface area contributed by atoms with E-state index in [4.69, 9.17) is 5.73 Å². The number of aryl methyl sites for hydroxylation is 1. The van der Waals surface area contributed by atoms with Crippen molar-refractivity contribution in [2.24, 2.45) is 17.3 Å². The van der Waals surface area contributed by atoms with Crippen LogP contribution in [-0.4, -0.2) is 11.8 Å². The molecule has 2 atom stereocenters. The van der Waals surface area contributed by atoms with Gasteiger partial charge in [-0.1, -0.05) is 13.8 Å². The van der Waals surface area contributed by atoms with Gasteiger partial charge in [0.15, 0.2) is 0 Å². The third-order valence-corrected chi connectivity index (χ3v) is 5.01. The SMILES string of the molecule is Cc1cc(Br)c(N2C(=O)C3C(C2=O)C3(C)C)cc1N. The number of carbonyl (C=O) groups is 2. The Labute approximate surface area is 120 Å². The molecule has 5 heteroatoms. The number of nitrogens with two attached hydrogens (primary N) is 1. The minimum absolute atomic E-state index is 0.107. The second kappa shape index (κ2) is 3.60. The van der Waals surface area contributed by atoms with Gasteiger partial charge in [-0.3, -0.25) is 9.59 Å². The molecule has 0 spiro atoms. The lowest BCUT2D eigenvalue weighted by Crippen LogP contribution is -2.36. The molecule has 2 aliphatic rings. The average molecular weight is 323 g/mol. The first-order valence-corrected chi connectivity index (χ1v) is 6.99. The van der Waals surface area contributed by atoms with Gasteiger partial charge in [0.2, 0.25) is 11.8 Å². The summed E-state index contributed by atoms with van der Waals surface area (Å²) < 4.78 is 0.722. The van der Waals surface area contributed by atoms with Crippen LogP contribution in [-0.2, 0) is 9.59 Å². The average Bonchev–Trinajstić information content (AvgIpc) is 2.76. The predicted octanol–water partition coefficient (Wildman–Crippen LogP) is 2.49. The van der Waals surface area contributed by atoms with Crippen molar-refractivity contribution in [2.75, 3.05) is 10.6 Å². The third-order valence-electron chi connectivity index (χ3n) is 4.38. The first-order valence-electron chi connectivity index (χ1n) is 6.20. The van der Waals surface area contributed by atoms with Crippen molar-refractivity contribution in [1.29, 1.82) is 0 Å². The van der Waals surface area contributed by atoms with E-state index in [-0.39, 0.29) is 29.1 Å².